The molecule has 0 amide bonds. The predicted octanol–water partition coefficient (Wildman–Crippen LogP) is 2.75. The van der Waals surface area contributed by atoms with Crippen molar-refractivity contribution in [3.05, 3.63) is 35.9 Å². The molecule has 3 unspecified atom stereocenters. The molecule has 6 heteroatoms. The van der Waals surface area contributed by atoms with E-state index >= 15 is 0 Å². The summed E-state index contributed by atoms with van der Waals surface area (Å²) >= 11 is 0. The van der Waals surface area contributed by atoms with Gasteiger partial charge in [-0.25, -0.2) is 0 Å². The second kappa shape index (κ2) is 12.8. The lowest BCUT2D eigenvalue weighted by Gasteiger charge is -2.24. The van der Waals surface area contributed by atoms with Gasteiger partial charge in [-0.1, -0.05) is 44.2 Å². The summed E-state index contributed by atoms with van der Waals surface area (Å²) in [5.41, 5.74) is 1.12. The number of aliphatic imine (C=N–C) groups is 1. The van der Waals surface area contributed by atoms with Crippen LogP contribution in [0.25, 0.3) is 0 Å². The molecule has 1 heterocycles. The largest absolute Gasteiger partial charge is 0.389 e. The van der Waals surface area contributed by atoms with Crippen LogP contribution in [-0.2, 0) is 4.74 Å². The summed E-state index contributed by atoms with van der Waals surface area (Å²) in [6, 6.07) is 10.1. The lowest BCUT2D eigenvalue weighted by Crippen LogP contribution is -2.41. The van der Waals surface area contributed by atoms with E-state index in [1.54, 1.807) is 0 Å². The Morgan fingerprint density at radius 2 is 2.00 bits per heavy atom. The van der Waals surface area contributed by atoms with Crippen molar-refractivity contribution in [1.29, 1.82) is 0 Å². The van der Waals surface area contributed by atoms with E-state index in [9.17, 15) is 5.11 Å². The smallest absolute Gasteiger partial charge is 0.194 e. The Kier molecular flexibility index (Phi) is 10.5. The van der Waals surface area contributed by atoms with Crippen LogP contribution in [0.5, 0.6) is 0 Å². The molecule has 1 saturated heterocycles. The zero-order valence-corrected chi connectivity index (χ0v) is 18.7. The van der Waals surface area contributed by atoms with Crippen molar-refractivity contribution in [1.82, 2.24) is 15.1 Å². The van der Waals surface area contributed by atoms with E-state index in [-0.39, 0.29) is 12.7 Å². The van der Waals surface area contributed by atoms with E-state index in [0.29, 0.717) is 12.5 Å². The van der Waals surface area contributed by atoms with Gasteiger partial charge in [0.1, 0.15) is 0 Å². The number of hydrogen-bond acceptors (Lipinski definition) is 4. The van der Waals surface area contributed by atoms with Gasteiger partial charge in [0, 0.05) is 26.2 Å². The van der Waals surface area contributed by atoms with Gasteiger partial charge in [0.25, 0.3) is 0 Å². The Bertz CT molecular complexity index is 592. The normalized spacial score (nSPS) is 19.6. The molecule has 0 radical (unpaired) electrons. The second-order valence-corrected chi connectivity index (χ2v) is 7.82. The van der Waals surface area contributed by atoms with Crippen LogP contribution >= 0.6 is 0 Å². The molecule has 0 saturated carbocycles. The van der Waals surface area contributed by atoms with Crippen LogP contribution in [0, 0.1) is 5.92 Å². The fourth-order valence-electron chi connectivity index (χ4n) is 3.77. The number of aliphatic hydroxyl groups is 1. The van der Waals surface area contributed by atoms with Crippen molar-refractivity contribution in [3.63, 3.8) is 0 Å². The maximum Gasteiger partial charge on any atom is 0.194 e. The molecule has 1 aliphatic rings. The number of nitrogens with zero attached hydrogens (tertiary/aromatic N) is 3. The third kappa shape index (κ3) is 7.96. The SMILES string of the molecule is CCNC(=NCC(O)COC(C)c1ccccc1)N1CCC(CN(CC)CC)C1. The van der Waals surface area contributed by atoms with Crippen LogP contribution in [0.15, 0.2) is 35.3 Å². The molecule has 1 aromatic carbocycles. The molecular weight excluding hydrogens is 364 g/mol. The monoisotopic (exact) mass is 404 g/mol. The molecule has 164 valence electrons. The second-order valence-electron chi connectivity index (χ2n) is 7.82. The van der Waals surface area contributed by atoms with Gasteiger partial charge in [0.15, 0.2) is 5.96 Å². The molecule has 0 spiro atoms. The Hall–Kier alpha value is -1.63. The lowest BCUT2D eigenvalue weighted by molar-refractivity contribution is 0.00106. The molecule has 2 N–H and O–H groups in total. The van der Waals surface area contributed by atoms with E-state index in [1.165, 1.54) is 6.42 Å². The minimum Gasteiger partial charge on any atom is -0.389 e. The highest BCUT2D eigenvalue weighted by atomic mass is 16.5. The van der Waals surface area contributed by atoms with Crippen LogP contribution in [-0.4, -0.2) is 79.4 Å². The summed E-state index contributed by atoms with van der Waals surface area (Å²) in [5.74, 6) is 1.59. The minimum atomic E-state index is -0.608. The summed E-state index contributed by atoms with van der Waals surface area (Å²) in [4.78, 5) is 9.51. The zero-order valence-electron chi connectivity index (χ0n) is 18.7. The van der Waals surface area contributed by atoms with Crippen molar-refractivity contribution < 1.29 is 9.84 Å². The van der Waals surface area contributed by atoms with Gasteiger partial charge >= 0.3 is 0 Å². The summed E-state index contributed by atoms with van der Waals surface area (Å²) < 4.78 is 5.83. The molecule has 1 aliphatic heterocycles. The van der Waals surface area contributed by atoms with E-state index in [4.69, 9.17) is 4.74 Å². The van der Waals surface area contributed by atoms with E-state index in [2.05, 4.69) is 40.9 Å². The Morgan fingerprint density at radius 1 is 1.28 bits per heavy atom. The van der Waals surface area contributed by atoms with Crippen molar-refractivity contribution in [2.24, 2.45) is 10.9 Å². The van der Waals surface area contributed by atoms with Gasteiger partial charge in [0.05, 0.1) is 25.4 Å². The van der Waals surface area contributed by atoms with Crippen molar-refractivity contribution in [3.8, 4) is 0 Å². The molecule has 3 atom stereocenters. The number of rotatable bonds is 11. The first-order valence-electron chi connectivity index (χ1n) is 11.2. The number of aliphatic hydroxyl groups excluding tert-OH is 1. The Labute approximate surface area is 177 Å². The Balaban J connectivity index is 1.82. The van der Waals surface area contributed by atoms with Crippen LogP contribution < -0.4 is 5.32 Å². The van der Waals surface area contributed by atoms with Crippen molar-refractivity contribution >= 4 is 5.96 Å². The highest BCUT2D eigenvalue weighted by Crippen LogP contribution is 2.18. The number of nitrogens with one attached hydrogen (secondary N) is 1. The molecule has 0 bridgehead atoms. The molecule has 0 aliphatic carbocycles. The summed E-state index contributed by atoms with van der Waals surface area (Å²) in [5, 5.41) is 13.7. The number of hydrogen-bond donors (Lipinski definition) is 2. The van der Waals surface area contributed by atoms with Gasteiger partial charge in [-0.2, -0.15) is 0 Å². The number of ether oxygens (including phenoxy) is 1. The first-order valence-corrected chi connectivity index (χ1v) is 11.2. The fourth-order valence-corrected chi connectivity index (χ4v) is 3.77. The first-order chi connectivity index (χ1) is 14.1. The molecule has 2 rings (SSSR count). The first kappa shape index (κ1) is 23.6. The molecule has 0 aromatic heterocycles. The molecule has 6 nitrogen and oxygen atoms in total. The lowest BCUT2D eigenvalue weighted by atomic mass is 10.1. The quantitative estimate of drug-likeness (QED) is 0.439. The zero-order chi connectivity index (χ0) is 21.1. The van der Waals surface area contributed by atoms with Crippen molar-refractivity contribution in [2.45, 2.75) is 46.3 Å². The minimum absolute atomic E-state index is 0.0394. The van der Waals surface area contributed by atoms with Gasteiger partial charge in [-0.3, -0.25) is 4.99 Å². The standard InChI is InChI=1S/C23H40N4O2/c1-5-24-23(27-14-13-20(17-27)16-26(6-2)7-3)25-15-22(28)18-29-19(4)21-11-9-8-10-12-21/h8-12,19-20,22,28H,5-7,13-18H2,1-4H3,(H,24,25). The number of guanidine groups is 1. The highest BCUT2D eigenvalue weighted by Gasteiger charge is 2.26. The average molecular weight is 405 g/mol. The van der Waals surface area contributed by atoms with E-state index in [0.717, 1.165) is 50.8 Å². The van der Waals surface area contributed by atoms with Gasteiger partial charge in [-0.05, 0) is 44.8 Å². The summed E-state index contributed by atoms with van der Waals surface area (Å²) in [6.45, 7) is 15.4. The average Bonchev–Trinajstić information content (AvgIpc) is 3.22. The van der Waals surface area contributed by atoms with Crippen molar-refractivity contribution in [2.75, 3.05) is 52.4 Å². The van der Waals surface area contributed by atoms with E-state index in [1.807, 2.05) is 37.3 Å². The van der Waals surface area contributed by atoms with Gasteiger partial charge < -0.3 is 25.0 Å². The summed E-state index contributed by atoms with van der Waals surface area (Å²) in [6.07, 6.45) is 0.549. The molecular formula is C23H40N4O2. The third-order valence-corrected chi connectivity index (χ3v) is 5.59. The van der Waals surface area contributed by atoms with E-state index < -0.39 is 6.10 Å². The van der Waals surface area contributed by atoms with Crippen LogP contribution in [0.2, 0.25) is 0 Å². The molecule has 1 aromatic rings. The third-order valence-electron chi connectivity index (χ3n) is 5.59. The van der Waals surface area contributed by atoms with Crippen LogP contribution in [0.4, 0.5) is 0 Å². The van der Waals surface area contributed by atoms with Gasteiger partial charge in [-0.15, -0.1) is 0 Å². The van der Waals surface area contributed by atoms with Crippen LogP contribution in [0.3, 0.4) is 0 Å². The predicted molar refractivity (Wildman–Crippen MR) is 120 cm³/mol. The molecule has 1 fully saturated rings. The maximum atomic E-state index is 10.4. The Morgan fingerprint density at radius 3 is 2.66 bits per heavy atom. The number of benzene rings is 1. The highest BCUT2D eigenvalue weighted by molar-refractivity contribution is 5.80. The fraction of sp³-hybridized carbons (Fsp3) is 0.696. The summed E-state index contributed by atoms with van der Waals surface area (Å²) in [7, 11) is 0. The van der Waals surface area contributed by atoms with Gasteiger partial charge in [0.2, 0.25) is 0 Å². The topological polar surface area (TPSA) is 60.3 Å². The number of likely N-dealkylation sites (tertiary alicyclic amines) is 1. The van der Waals surface area contributed by atoms with Crippen LogP contribution in [0.1, 0.15) is 45.8 Å². The molecule has 29 heavy (non-hydrogen) atoms. The maximum absolute atomic E-state index is 10.4.